The molecular weight excluding hydrogens is 190 g/mol. The van der Waals surface area contributed by atoms with E-state index in [9.17, 15) is 4.79 Å². The summed E-state index contributed by atoms with van der Waals surface area (Å²) in [5, 5.41) is 0. The maximum Gasteiger partial charge on any atom is 0.323 e. The molecule has 0 amide bonds. The SMILES string of the molecule is CC(C)CCC(C(=O)OC(C)C)N(C)C. The van der Waals surface area contributed by atoms with Crippen LogP contribution < -0.4 is 0 Å². The fourth-order valence-corrected chi connectivity index (χ4v) is 1.39. The maximum atomic E-state index is 11.7. The van der Waals surface area contributed by atoms with Crippen LogP contribution in [0.25, 0.3) is 0 Å². The summed E-state index contributed by atoms with van der Waals surface area (Å²) in [6.07, 6.45) is 1.89. The fourth-order valence-electron chi connectivity index (χ4n) is 1.39. The molecular formula is C12H25NO2. The maximum absolute atomic E-state index is 11.7. The van der Waals surface area contributed by atoms with Crippen LogP contribution in [0, 0.1) is 5.92 Å². The fraction of sp³-hybridized carbons (Fsp3) is 0.917. The minimum Gasteiger partial charge on any atom is -0.462 e. The van der Waals surface area contributed by atoms with Gasteiger partial charge in [0.05, 0.1) is 6.10 Å². The van der Waals surface area contributed by atoms with Crippen LogP contribution in [0.15, 0.2) is 0 Å². The summed E-state index contributed by atoms with van der Waals surface area (Å²) in [6.45, 7) is 8.10. The minimum atomic E-state index is -0.102. The molecule has 0 radical (unpaired) electrons. The Hall–Kier alpha value is -0.570. The summed E-state index contributed by atoms with van der Waals surface area (Å²) < 4.78 is 5.23. The van der Waals surface area contributed by atoms with Crippen LogP contribution in [0.1, 0.15) is 40.5 Å². The lowest BCUT2D eigenvalue weighted by molar-refractivity contribution is -0.153. The van der Waals surface area contributed by atoms with Gasteiger partial charge in [0, 0.05) is 0 Å². The van der Waals surface area contributed by atoms with Gasteiger partial charge in [-0.2, -0.15) is 0 Å². The van der Waals surface area contributed by atoms with Crippen molar-refractivity contribution in [1.82, 2.24) is 4.90 Å². The van der Waals surface area contributed by atoms with Gasteiger partial charge in [-0.05, 0) is 46.7 Å². The molecule has 0 aromatic heterocycles. The van der Waals surface area contributed by atoms with Crippen molar-refractivity contribution in [1.29, 1.82) is 0 Å². The number of hydrogen-bond acceptors (Lipinski definition) is 3. The second-order valence-corrected chi connectivity index (χ2v) is 4.94. The number of esters is 1. The highest BCUT2D eigenvalue weighted by atomic mass is 16.5. The second kappa shape index (κ2) is 6.83. The Kier molecular flexibility index (Phi) is 6.57. The van der Waals surface area contributed by atoms with E-state index < -0.39 is 0 Å². The lowest BCUT2D eigenvalue weighted by Gasteiger charge is -2.24. The van der Waals surface area contributed by atoms with Gasteiger partial charge in [-0.1, -0.05) is 13.8 Å². The number of carbonyl (C=O) groups is 1. The van der Waals surface area contributed by atoms with Gasteiger partial charge in [0.2, 0.25) is 0 Å². The van der Waals surface area contributed by atoms with Gasteiger partial charge in [0.25, 0.3) is 0 Å². The summed E-state index contributed by atoms with van der Waals surface area (Å²) in [6, 6.07) is -0.102. The lowest BCUT2D eigenvalue weighted by atomic mass is 10.0. The Balaban J connectivity index is 4.19. The van der Waals surface area contributed by atoms with Gasteiger partial charge in [0.1, 0.15) is 6.04 Å². The summed E-state index contributed by atoms with van der Waals surface area (Å²) in [7, 11) is 3.85. The van der Waals surface area contributed by atoms with Gasteiger partial charge in [0.15, 0.2) is 0 Å². The third-order valence-electron chi connectivity index (χ3n) is 2.26. The predicted molar refractivity (Wildman–Crippen MR) is 62.8 cm³/mol. The van der Waals surface area contributed by atoms with Crippen molar-refractivity contribution in [2.75, 3.05) is 14.1 Å². The molecule has 0 aromatic rings. The van der Waals surface area contributed by atoms with Gasteiger partial charge in [-0.25, -0.2) is 0 Å². The number of hydrogen-bond donors (Lipinski definition) is 0. The predicted octanol–water partition coefficient (Wildman–Crippen LogP) is 2.30. The number of carbonyl (C=O) groups excluding carboxylic acids is 1. The molecule has 90 valence electrons. The zero-order valence-electron chi connectivity index (χ0n) is 10.9. The number of likely N-dealkylation sites (N-methyl/N-ethyl adjacent to an activating group) is 1. The Bertz CT molecular complexity index is 188. The normalized spacial score (nSPS) is 13.7. The number of ether oxygens (including phenoxy) is 1. The van der Waals surface area contributed by atoms with E-state index in [2.05, 4.69) is 13.8 Å². The molecule has 0 saturated carbocycles. The molecule has 3 nitrogen and oxygen atoms in total. The van der Waals surface area contributed by atoms with Crippen LogP contribution in [-0.2, 0) is 9.53 Å². The number of rotatable bonds is 6. The largest absolute Gasteiger partial charge is 0.462 e. The Morgan fingerprint density at radius 3 is 2.00 bits per heavy atom. The Morgan fingerprint density at radius 1 is 1.13 bits per heavy atom. The van der Waals surface area contributed by atoms with Gasteiger partial charge in [-0.3, -0.25) is 9.69 Å². The van der Waals surface area contributed by atoms with E-state index in [1.807, 2.05) is 32.8 Å². The highest BCUT2D eigenvalue weighted by molar-refractivity contribution is 5.75. The van der Waals surface area contributed by atoms with E-state index in [1.54, 1.807) is 0 Å². The Labute approximate surface area is 93.8 Å². The number of nitrogens with zero attached hydrogens (tertiary/aromatic N) is 1. The topological polar surface area (TPSA) is 29.5 Å². The molecule has 0 aromatic carbocycles. The highest BCUT2D eigenvalue weighted by Crippen LogP contribution is 2.12. The molecule has 0 aliphatic carbocycles. The first-order valence-corrected chi connectivity index (χ1v) is 5.71. The molecule has 0 heterocycles. The Morgan fingerprint density at radius 2 is 1.67 bits per heavy atom. The molecule has 0 N–H and O–H groups in total. The van der Waals surface area contributed by atoms with E-state index in [-0.39, 0.29) is 18.1 Å². The molecule has 15 heavy (non-hydrogen) atoms. The first-order valence-electron chi connectivity index (χ1n) is 5.71. The van der Waals surface area contributed by atoms with Crippen molar-refractivity contribution < 1.29 is 9.53 Å². The summed E-state index contributed by atoms with van der Waals surface area (Å²) >= 11 is 0. The van der Waals surface area contributed by atoms with Gasteiger partial charge >= 0.3 is 5.97 Å². The van der Waals surface area contributed by atoms with Gasteiger partial charge < -0.3 is 4.74 Å². The highest BCUT2D eigenvalue weighted by Gasteiger charge is 2.22. The van der Waals surface area contributed by atoms with Crippen LogP contribution in [0.4, 0.5) is 0 Å². The molecule has 0 aliphatic rings. The molecule has 1 unspecified atom stereocenters. The van der Waals surface area contributed by atoms with Crippen molar-refractivity contribution in [3.8, 4) is 0 Å². The second-order valence-electron chi connectivity index (χ2n) is 4.94. The van der Waals surface area contributed by atoms with Crippen molar-refractivity contribution in [2.24, 2.45) is 5.92 Å². The van der Waals surface area contributed by atoms with Gasteiger partial charge in [-0.15, -0.1) is 0 Å². The third kappa shape index (κ3) is 6.50. The first kappa shape index (κ1) is 14.4. The molecule has 0 rings (SSSR count). The molecule has 1 atom stereocenters. The van der Waals surface area contributed by atoms with Crippen molar-refractivity contribution in [2.45, 2.75) is 52.7 Å². The lowest BCUT2D eigenvalue weighted by Crippen LogP contribution is -2.38. The third-order valence-corrected chi connectivity index (χ3v) is 2.26. The van der Waals surface area contributed by atoms with Crippen molar-refractivity contribution in [3.05, 3.63) is 0 Å². The molecule has 3 heteroatoms. The summed E-state index contributed by atoms with van der Waals surface area (Å²) in [4.78, 5) is 13.7. The monoisotopic (exact) mass is 215 g/mol. The molecule has 0 saturated heterocycles. The molecule has 0 spiro atoms. The smallest absolute Gasteiger partial charge is 0.323 e. The zero-order chi connectivity index (χ0) is 12.0. The van der Waals surface area contributed by atoms with E-state index >= 15 is 0 Å². The van der Waals surface area contributed by atoms with E-state index in [0.29, 0.717) is 5.92 Å². The average molecular weight is 215 g/mol. The molecule has 0 aliphatic heterocycles. The van der Waals surface area contributed by atoms with E-state index in [4.69, 9.17) is 4.74 Å². The van der Waals surface area contributed by atoms with Crippen LogP contribution in [0.2, 0.25) is 0 Å². The minimum absolute atomic E-state index is 0.0287. The standard InChI is InChI=1S/C12H25NO2/c1-9(2)7-8-11(13(5)6)12(14)15-10(3)4/h9-11H,7-8H2,1-6H3. The molecule has 0 fully saturated rings. The first-order chi connectivity index (χ1) is 6.84. The van der Waals surface area contributed by atoms with Crippen LogP contribution >= 0.6 is 0 Å². The van der Waals surface area contributed by atoms with Crippen molar-refractivity contribution in [3.63, 3.8) is 0 Å². The average Bonchev–Trinajstić information content (AvgIpc) is 2.01. The summed E-state index contributed by atoms with van der Waals surface area (Å²) in [5.41, 5.74) is 0. The van der Waals surface area contributed by atoms with Crippen LogP contribution in [0.3, 0.4) is 0 Å². The molecule has 0 bridgehead atoms. The quantitative estimate of drug-likeness (QED) is 0.637. The van der Waals surface area contributed by atoms with E-state index in [0.717, 1.165) is 12.8 Å². The summed E-state index contributed by atoms with van der Waals surface area (Å²) in [5.74, 6) is 0.523. The zero-order valence-corrected chi connectivity index (χ0v) is 10.9. The van der Waals surface area contributed by atoms with E-state index in [1.165, 1.54) is 0 Å². The van der Waals surface area contributed by atoms with Crippen molar-refractivity contribution >= 4 is 5.97 Å². The van der Waals surface area contributed by atoms with Crippen LogP contribution in [0.5, 0.6) is 0 Å². The van der Waals surface area contributed by atoms with Crippen LogP contribution in [-0.4, -0.2) is 37.1 Å².